The van der Waals surface area contributed by atoms with Crippen LogP contribution < -0.4 is 10.6 Å². The lowest BCUT2D eigenvalue weighted by Crippen LogP contribution is -2.40. The Kier molecular flexibility index (Phi) is 7.46. The molecule has 1 aromatic rings. The van der Waals surface area contributed by atoms with Crippen molar-refractivity contribution < 1.29 is 9.59 Å². The van der Waals surface area contributed by atoms with Crippen molar-refractivity contribution >= 4 is 23.4 Å². The Labute approximate surface area is 148 Å². The van der Waals surface area contributed by atoms with Crippen LogP contribution in [0.4, 0.5) is 0 Å². The molecule has 1 saturated heterocycles. The number of halogens is 1. The van der Waals surface area contributed by atoms with Crippen molar-refractivity contribution in [2.24, 2.45) is 0 Å². The summed E-state index contributed by atoms with van der Waals surface area (Å²) in [5, 5.41) is 5.81. The predicted octanol–water partition coefficient (Wildman–Crippen LogP) is 1.85. The fourth-order valence-corrected chi connectivity index (χ4v) is 3.00. The van der Waals surface area contributed by atoms with Gasteiger partial charge in [-0.25, -0.2) is 0 Å². The van der Waals surface area contributed by atoms with Gasteiger partial charge in [0, 0.05) is 30.4 Å². The second-order valence-electron chi connectivity index (χ2n) is 6.13. The third-order valence-corrected chi connectivity index (χ3v) is 4.48. The fourth-order valence-electron chi connectivity index (χ4n) is 2.84. The maximum Gasteiger partial charge on any atom is 0.270 e. The van der Waals surface area contributed by atoms with Crippen molar-refractivity contribution in [3.05, 3.63) is 29.0 Å². The highest BCUT2D eigenvalue weighted by Crippen LogP contribution is 2.16. The van der Waals surface area contributed by atoms with Gasteiger partial charge in [-0.3, -0.25) is 14.6 Å². The van der Waals surface area contributed by atoms with Crippen LogP contribution in [0.3, 0.4) is 0 Å². The molecule has 2 rings (SSSR count). The highest BCUT2D eigenvalue weighted by molar-refractivity contribution is 6.30. The minimum Gasteiger partial charge on any atom is -0.355 e. The van der Waals surface area contributed by atoms with E-state index in [1.165, 1.54) is 31.5 Å². The molecule has 1 fully saturated rings. The molecule has 0 unspecified atom stereocenters. The van der Waals surface area contributed by atoms with Gasteiger partial charge in [0.05, 0.1) is 6.54 Å². The van der Waals surface area contributed by atoms with Gasteiger partial charge in [0.25, 0.3) is 5.91 Å². The molecule has 1 atom stereocenters. The first kappa shape index (κ1) is 18.7. The van der Waals surface area contributed by atoms with Gasteiger partial charge in [0.1, 0.15) is 5.69 Å². The maximum absolute atomic E-state index is 11.9. The molecule has 1 aliphatic heterocycles. The van der Waals surface area contributed by atoms with Crippen molar-refractivity contribution in [2.45, 2.75) is 38.6 Å². The van der Waals surface area contributed by atoms with Gasteiger partial charge in [0.2, 0.25) is 5.91 Å². The lowest BCUT2D eigenvalue weighted by atomic mass is 10.0. The van der Waals surface area contributed by atoms with E-state index in [2.05, 4.69) is 27.4 Å². The molecule has 2 amide bonds. The Morgan fingerprint density at radius 1 is 1.38 bits per heavy atom. The first-order chi connectivity index (χ1) is 11.6. The van der Waals surface area contributed by atoms with Crippen molar-refractivity contribution in [1.29, 1.82) is 0 Å². The summed E-state index contributed by atoms with van der Waals surface area (Å²) in [6.45, 7) is 4.97. The number of amides is 2. The topological polar surface area (TPSA) is 74.3 Å². The molecule has 1 aliphatic rings. The van der Waals surface area contributed by atoms with Crippen LogP contribution in [0.5, 0.6) is 0 Å². The standard InChI is InChI=1S/C17H25ClN4O2/c1-13-5-2-3-9-22(13)10-4-7-20-16(23)12-21-17(24)15-11-14(18)6-8-19-15/h6,8,11,13H,2-5,7,9-10,12H2,1H3,(H,20,23)(H,21,24)/t13-/m0/s1. The molecular formula is C17H25ClN4O2. The normalized spacial score (nSPS) is 18.2. The van der Waals surface area contributed by atoms with Gasteiger partial charge >= 0.3 is 0 Å². The Hall–Kier alpha value is -1.66. The second kappa shape index (κ2) is 9.59. The van der Waals surface area contributed by atoms with Gasteiger partial charge in [-0.05, 0) is 44.9 Å². The molecule has 0 aromatic carbocycles. The summed E-state index contributed by atoms with van der Waals surface area (Å²) < 4.78 is 0. The van der Waals surface area contributed by atoms with Gasteiger partial charge in [-0.15, -0.1) is 0 Å². The van der Waals surface area contributed by atoms with Crippen molar-refractivity contribution in [3.63, 3.8) is 0 Å². The lowest BCUT2D eigenvalue weighted by molar-refractivity contribution is -0.120. The monoisotopic (exact) mass is 352 g/mol. The smallest absolute Gasteiger partial charge is 0.270 e. The van der Waals surface area contributed by atoms with E-state index in [1.54, 1.807) is 6.07 Å². The molecule has 132 valence electrons. The first-order valence-electron chi connectivity index (χ1n) is 8.47. The summed E-state index contributed by atoms with van der Waals surface area (Å²) in [6, 6.07) is 3.70. The van der Waals surface area contributed by atoms with Crippen LogP contribution in [0.25, 0.3) is 0 Å². The highest BCUT2D eigenvalue weighted by atomic mass is 35.5. The number of likely N-dealkylation sites (tertiary alicyclic amines) is 1. The van der Waals surface area contributed by atoms with E-state index in [1.807, 2.05) is 0 Å². The third kappa shape index (κ3) is 6.09. The molecule has 1 aromatic heterocycles. The number of nitrogens with one attached hydrogen (secondary N) is 2. The quantitative estimate of drug-likeness (QED) is 0.734. The van der Waals surface area contributed by atoms with Gasteiger partial charge in [0.15, 0.2) is 0 Å². The van der Waals surface area contributed by atoms with E-state index in [9.17, 15) is 9.59 Å². The molecule has 0 aliphatic carbocycles. The molecular weight excluding hydrogens is 328 g/mol. The largest absolute Gasteiger partial charge is 0.355 e. The summed E-state index contributed by atoms with van der Waals surface area (Å²) in [5.41, 5.74) is 0.203. The fraction of sp³-hybridized carbons (Fsp3) is 0.588. The van der Waals surface area contributed by atoms with Crippen LogP contribution in [0.15, 0.2) is 18.3 Å². The van der Waals surface area contributed by atoms with E-state index in [0.717, 1.165) is 19.5 Å². The van der Waals surface area contributed by atoms with Crippen LogP contribution >= 0.6 is 11.6 Å². The molecule has 0 spiro atoms. The van der Waals surface area contributed by atoms with Gasteiger partial charge in [-0.2, -0.15) is 0 Å². The van der Waals surface area contributed by atoms with Crippen LogP contribution in [0.2, 0.25) is 5.02 Å². The Morgan fingerprint density at radius 3 is 2.96 bits per heavy atom. The van der Waals surface area contributed by atoms with E-state index in [-0.39, 0.29) is 18.1 Å². The third-order valence-electron chi connectivity index (χ3n) is 4.25. The molecule has 6 nitrogen and oxygen atoms in total. The van der Waals surface area contributed by atoms with E-state index in [0.29, 0.717) is 17.6 Å². The number of rotatable bonds is 7. The van der Waals surface area contributed by atoms with Crippen molar-refractivity contribution in [3.8, 4) is 0 Å². The average molecular weight is 353 g/mol. The number of hydrogen-bond donors (Lipinski definition) is 2. The zero-order chi connectivity index (χ0) is 17.4. The zero-order valence-corrected chi connectivity index (χ0v) is 14.8. The van der Waals surface area contributed by atoms with Crippen molar-refractivity contribution in [2.75, 3.05) is 26.2 Å². The molecule has 0 radical (unpaired) electrons. The number of pyridine rings is 1. The number of nitrogens with zero attached hydrogens (tertiary/aromatic N) is 2. The Balaban J connectivity index is 1.60. The first-order valence-corrected chi connectivity index (χ1v) is 8.84. The molecule has 0 saturated carbocycles. The van der Waals surface area contributed by atoms with Gasteiger partial charge in [-0.1, -0.05) is 18.0 Å². The summed E-state index contributed by atoms with van der Waals surface area (Å²) in [7, 11) is 0. The molecule has 0 bridgehead atoms. The molecule has 7 heteroatoms. The minimum atomic E-state index is -0.408. The number of piperidine rings is 1. The highest BCUT2D eigenvalue weighted by Gasteiger charge is 2.17. The maximum atomic E-state index is 11.9. The van der Waals surface area contributed by atoms with E-state index >= 15 is 0 Å². The second-order valence-corrected chi connectivity index (χ2v) is 6.56. The minimum absolute atomic E-state index is 0.0624. The Bertz CT molecular complexity index is 567. The summed E-state index contributed by atoms with van der Waals surface area (Å²) in [4.78, 5) is 30.0. The number of carbonyl (C=O) groups excluding carboxylic acids is 2. The number of carbonyl (C=O) groups is 2. The molecule has 2 N–H and O–H groups in total. The number of aromatic nitrogens is 1. The van der Waals surface area contributed by atoms with Crippen molar-refractivity contribution in [1.82, 2.24) is 20.5 Å². The van der Waals surface area contributed by atoms with Crippen LogP contribution in [-0.2, 0) is 4.79 Å². The SMILES string of the molecule is C[C@H]1CCCCN1CCCNC(=O)CNC(=O)c1cc(Cl)ccn1. The number of hydrogen-bond acceptors (Lipinski definition) is 4. The molecule has 2 heterocycles. The van der Waals surface area contributed by atoms with E-state index in [4.69, 9.17) is 11.6 Å². The predicted molar refractivity (Wildman–Crippen MR) is 94.1 cm³/mol. The lowest BCUT2D eigenvalue weighted by Gasteiger charge is -2.33. The Morgan fingerprint density at radius 2 is 2.21 bits per heavy atom. The van der Waals surface area contributed by atoms with Crippen LogP contribution in [0, 0.1) is 0 Å². The average Bonchev–Trinajstić information content (AvgIpc) is 2.58. The summed E-state index contributed by atoms with van der Waals surface area (Å²) >= 11 is 5.81. The summed E-state index contributed by atoms with van der Waals surface area (Å²) in [6.07, 6.45) is 6.21. The summed E-state index contributed by atoms with van der Waals surface area (Å²) in [5.74, 6) is -0.605. The van der Waals surface area contributed by atoms with Crippen LogP contribution in [-0.4, -0.2) is 53.9 Å². The van der Waals surface area contributed by atoms with E-state index < -0.39 is 5.91 Å². The zero-order valence-electron chi connectivity index (χ0n) is 14.1. The van der Waals surface area contributed by atoms with Crippen LogP contribution in [0.1, 0.15) is 43.1 Å². The molecule has 24 heavy (non-hydrogen) atoms. The van der Waals surface area contributed by atoms with Gasteiger partial charge < -0.3 is 15.5 Å².